The van der Waals surface area contributed by atoms with Crippen LogP contribution in [0.4, 0.5) is 0 Å². The van der Waals surface area contributed by atoms with Crippen molar-refractivity contribution >= 4 is 5.96 Å². The number of morpholine rings is 1. The molecule has 1 heterocycles. The number of guanidine groups is 1. The normalized spacial score (nSPS) is 21.4. The molecule has 6 nitrogen and oxygen atoms in total. The molecule has 0 amide bonds. The number of nitrogens with one attached hydrogen (secondary N) is 2. The monoisotopic (exact) mass is 390 g/mol. The Morgan fingerprint density at radius 2 is 1.86 bits per heavy atom. The molecule has 2 unspecified atom stereocenters. The van der Waals surface area contributed by atoms with E-state index in [0.717, 1.165) is 49.9 Å². The summed E-state index contributed by atoms with van der Waals surface area (Å²) < 4.78 is 11.9. The number of nitrogens with zero attached hydrogens (tertiary/aromatic N) is 2. The summed E-state index contributed by atoms with van der Waals surface area (Å²) in [6, 6.07) is 8.14. The molecule has 0 bridgehead atoms. The van der Waals surface area contributed by atoms with Crippen molar-refractivity contribution in [3.63, 3.8) is 0 Å². The molecule has 2 atom stereocenters. The fraction of sp³-hybridized carbons (Fsp3) is 0.682. The van der Waals surface area contributed by atoms with Crippen LogP contribution in [0.5, 0.6) is 5.75 Å². The molecule has 1 aromatic carbocycles. The van der Waals surface area contributed by atoms with Crippen molar-refractivity contribution in [1.82, 2.24) is 15.5 Å². The van der Waals surface area contributed by atoms with Crippen LogP contribution < -0.4 is 15.4 Å². The first-order valence-electron chi connectivity index (χ1n) is 10.4. The second kappa shape index (κ2) is 10.7. The minimum atomic E-state index is -0.218. The lowest BCUT2D eigenvalue weighted by Crippen LogP contribution is -2.46. The van der Waals surface area contributed by atoms with Gasteiger partial charge in [-0.2, -0.15) is 0 Å². The number of rotatable bonds is 7. The molecule has 1 saturated heterocycles. The Labute approximate surface area is 170 Å². The lowest BCUT2D eigenvalue weighted by Gasteiger charge is -2.35. The van der Waals surface area contributed by atoms with Gasteiger partial charge in [-0.3, -0.25) is 9.89 Å². The molecule has 0 radical (unpaired) electrons. The van der Waals surface area contributed by atoms with Crippen molar-refractivity contribution in [3.05, 3.63) is 29.8 Å². The van der Waals surface area contributed by atoms with E-state index >= 15 is 0 Å². The fourth-order valence-corrected chi connectivity index (χ4v) is 3.46. The molecule has 0 aromatic heterocycles. The number of ether oxygens (including phenoxy) is 2. The van der Waals surface area contributed by atoms with Gasteiger partial charge in [-0.05, 0) is 47.1 Å². The van der Waals surface area contributed by atoms with E-state index in [9.17, 15) is 0 Å². The molecule has 2 N–H and O–H groups in total. The summed E-state index contributed by atoms with van der Waals surface area (Å²) in [7, 11) is 1.80. The Morgan fingerprint density at radius 1 is 1.18 bits per heavy atom. The third-order valence-electron chi connectivity index (χ3n) is 4.50. The quantitative estimate of drug-likeness (QED) is 0.426. The molecule has 0 spiro atoms. The molecule has 158 valence electrons. The van der Waals surface area contributed by atoms with Gasteiger partial charge in [0.15, 0.2) is 5.96 Å². The first kappa shape index (κ1) is 22.5. The molecule has 28 heavy (non-hydrogen) atoms. The first-order valence-corrected chi connectivity index (χ1v) is 10.4. The molecule has 0 saturated carbocycles. The van der Waals surface area contributed by atoms with Gasteiger partial charge in [0, 0.05) is 45.3 Å². The molecular weight excluding hydrogens is 352 g/mol. The first-order chi connectivity index (χ1) is 13.3. The molecule has 2 rings (SSSR count). The maximum atomic E-state index is 6.07. The minimum Gasteiger partial charge on any atom is -0.488 e. The predicted molar refractivity (Wildman–Crippen MR) is 116 cm³/mol. The van der Waals surface area contributed by atoms with Crippen LogP contribution in [-0.2, 0) is 11.3 Å². The van der Waals surface area contributed by atoms with E-state index in [1.165, 1.54) is 0 Å². The second-order valence-corrected chi connectivity index (χ2v) is 8.55. The van der Waals surface area contributed by atoms with E-state index in [4.69, 9.17) is 9.47 Å². The van der Waals surface area contributed by atoms with Crippen LogP contribution in [0.2, 0.25) is 0 Å². The maximum absolute atomic E-state index is 6.07. The van der Waals surface area contributed by atoms with Crippen LogP contribution in [0, 0.1) is 0 Å². The topological polar surface area (TPSA) is 58.1 Å². The van der Waals surface area contributed by atoms with Crippen molar-refractivity contribution in [1.29, 1.82) is 0 Å². The number of hydrogen-bond donors (Lipinski definition) is 2. The van der Waals surface area contributed by atoms with Gasteiger partial charge < -0.3 is 20.1 Å². The van der Waals surface area contributed by atoms with Crippen molar-refractivity contribution < 1.29 is 9.47 Å². The van der Waals surface area contributed by atoms with E-state index < -0.39 is 0 Å². The molecule has 1 fully saturated rings. The minimum absolute atomic E-state index is 0.218. The molecule has 6 heteroatoms. The van der Waals surface area contributed by atoms with Crippen LogP contribution in [0.25, 0.3) is 0 Å². The predicted octanol–water partition coefficient (Wildman–Crippen LogP) is 3.03. The summed E-state index contributed by atoms with van der Waals surface area (Å²) in [5.41, 5.74) is 0.904. The van der Waals surface area contributed by atoms with Crippen LogP contribution in [0.3, 0.4) is 0 Å². The third kappa shape index (κ3) is 8.07. The Hall–Kier alpha value is -1.79. The summed E-state index contributed by atoms with van der Waals surface area (Å²) in [5.74, 6) is 1.72. The summed E-state index contributed by atoms with van der Waals surface area (Å²) in [5, 5.41) is 6.80. The zero-order chi connectivity index (χ0) is 20.6. The van der Waals surface area contributed by atoms with Crippen molar-refractivity contribution in [2.24, 2.45) is 4.99 Å². The van der Waals surface area contributed by atoms with Gasteiger partial charge in [0.2, 0.25) is 0 Å². The van der Waals surface area contributed by atoms with Crippen molar-refractivity contribution in [2.45, 2.75) is 65.4 Å². The summed E-state index contributed by atoms with van der Waals surface area (Å²) in [4.78, 5) is 6.82. The Balaban J connectivity index is 1.75. The zero-order valence-corrected chi connectivity index (χ0v) is 18.4. The van der Waals surface area contributed by atoms with Gasteiger partial charge in [-0.1, -0.05) is 18.2 Å². The van der Waals surface area contributed by atoms with Gasteiger partial charge in [0.25, 0.3) is 0 Å². The smallest absolute Gasteiger partial charge is 0.191 e. The van der Waals surface area contributed by atoms with Gasteiger partial charge in [0.1, 0.15) is 11.4 Å². The van der Waals surface area contributed by atoms with E-state index in [0.29, 0.717) is 18.8 Å². The zero-order valence-electron chi connectivity index (χ0n) is 18.4. The number of aliphatic imine (C=N–C) groups is 1. The van der Waals surface area contributed by atoms with Crippen molar-refractivity contribution in [3.8, 4) is 5.75 Å². The standard InChI is InChI=1S/C22H38N4O2/c1-17-15-26(16-18(2)27-17)13-9-12-24-21(23-6)25-14-19-10-7-8-11-20(19)28-22(3,4)5/h7-8,10-11,17-18H,9,12-16H2,1-6H3,(H2,23,24,25). The average molecular weight is 391 g/mol. The Morgan fingerprint density at radius 3 is 2.50 bits per heavy atom. The number of hydrogen-bond acceptors (Lipinski definition) is 4. The lowest BCUT2D eigenvalue weighted by atomic mass is 10.1. The Kier molecular flexibility index (Phi) is 8.58. The van der Waals surface area contributed by atoms with Crippen LogP contribution >= 0.6 is 0 Å². The molecule has 1 aliphatic rings. The maximum Gasteiger partial charge on any atom is 0.191 e. The van der Waals surface area contributed by atoms with Crippen molar-refractivity contribution in [2.75, 3.05) is 33.2 Å². The third-order valence-corrected chi connectivity index (χ3v) is 4.50. The SMILES string of the molecule is CN=C(NCCCN1CC(C)OC(C)C1)NCc1ccccc1OC(C)(C)C. The highest BCUT2D eigenvalue weighted by molar-refractivity contribution is 5.79. The average Bonchev–Trinajstić information content (AvgIpc) is 2.60. The van der Waals surface area contributed by atoms with Gasteiger partial charge in [0.05, 0.1) is 12.2 Å². The summed E-state index contributed by atoms with van der Waals surface area (Å²) >= 11 is 0. The van der Waals surface area contributed by atoms with E-state index in [1.54, 1.807) is 7.05 Å². The molecule has 1 aromatic rings. The van der Waals surface area contributed by atoms with Gasteiger partial charge >= 0.3 is 0 Å². The summed E-state index contributed by atoms with van der Waals surface area (Å²) in [6.07, 6.45) is 1.71. The van der Waals surface area contributed by atoms with E-state index in [1.807, 2.05) is 18.2 Å². The Bertz CT molecular complexity index is 617. The highest BCUT2D eigenvalue weighted by Crippen LogP contribution is 2.22. The number of para-hydroxylation sites is 1. The molecule has 0 aliphatic carbocycles. The van der Waals surface area contributed by atoms with E-state index in [2.05, 4.69) is 61.2 Å². The van der Waals surface area contributed by atoms with Crippen LogP contribution in [0.15, 0.2) is 29.3 Å². The number of benzene rings is 1. The van der Waals surface area contributed by atoms with E-state index in [-0.39, 0.29) is 5.60 Å². The van der Waals surface area contributed by atoms with Gasteiger partial charge in [-0.15, -0.1) is 0 Å². The van der Waals surface area contributed by atoms with Crippen LogP contribution in [0.1, 0.15) is 46.6 Å². The highest BCUT2D eigenvalue weighted by Gasteiger charge is 2.21. The second-order valence-electron chi connectivity index (χ2n) is 8.55. The molecule has 1 aliphatic heterocycles. The fourth-order valence-electron chi connectivity index (χ4n) is 3.46. The van der Waals surface area contributed by atoms with Crippen LogP contribution in [-0.4, -0.2) is 61.9 Å². The lowest BCUT2D eigenvalue weighted by molar-refractivity contribution is -0.0679. The molecular formula is C22H38N4O2. The largest absolute Gasteiger partial charge is 0.488 e. The summed E-state index contributed by atoms with van der Waals surface area (Å²) in [6.45, 7) is 15.1. The van der Waals surface area contributed by atoms with Gasteiger partial charge in [-0.25, -0.2) is 0 Å². The highest BCUT2D eigenvalue weighted by atomic mass is 16.5.